The molecule has 0 saturated carbocycles. The van der Waals surface area contributed by atoms with Gasteiger partial charge in [-0.3, -0.25) is 4.90 Å². The predicted octanol–water partition coefficient (Wildman–Crippen LogP) is 3.60. The summed E-state index contributed by atoms with van der Waals surface area (Å²) in [5.41, 5.74) is 1.38. The zero-order valence-electron chi connectivity index (χ0n) is 12.8. The fraction of sp³-hybridized carbons (Fsp3) is 0.412. The number of nitrogens with zero attached hydrogens (tertiary/aromatic N) is 1. The molecule has 0 aliphatic heterocycles. The lowest BCUT2D eigenvalue weighted by Gasteiger charge is -2.15. The van der Waals surface area contributed by atoms with Crippen LogP contribution in [-0.4, -0.2) is 29.7 Å². The van der Waals surface area contributed by atoms with Crippen LogP contribution in [0.15, 0.2) is 34.7 Å². The van der Waals surface area contributed by atoms with E-state index in [-0.39, 0.29) is 11.9 Å². The van der Waals surface area contributed by atoms with Crippen molar-refractivity contribution in [2.24, 2.45) is 0 Å². The minimum atomic E-state index is -0.297. The zero-order chi connectivity index (χ0) is 15.4. The number of halogens is 1. The van der Waals surface area contributed by atoms with Crippen LogP contribution in [0.2, 0.25) is 0 Å². The van der Waals surface area contributed by atoms with Crippen molar-refractivity contribution in [2.45, 2.75) is 32.9 Å². The summed E-state index contributed by atoms with van der Waals surface area (Å²) < 4.78 is 19.4. The van der Waals surface area contributed by atoms with Gasteiger partial charge in [-0.2, -0.15) is 0 Å². The molecule has 0 aliphatic carbocycles. The van der Waals surface area contributed by atoms with Crippen LogP contribution in [-0.2, 0) is 6.54 Å². The van der Waals surface area contributed by atoms with Gasteiger partial charge in [-0.25, -0.2) is 4.39 Å². The zero-order valence-corrected chi connectivity index (χ0v) is 12.8. The first-order chi connectivity index (χ1) is 9.97. The number of furan rings is 1. The first-order valence-electron chi connectivity index (χ1n) is 7.18. The smallest absolute Gasteiger partial charge is 0.134 e. The van der Waals surface area contributed by atoms with Crippen LogP contribution >= 0.6 is 0 Å². The summed E-state index contributed by atoms with van der Waals surface area (Å²) in [6, 6.07) is 8.79. The lowest BCUT2D eigenvalue weighted by molar-refractivity contribution is 0.160. The molecule has 0 bridgehead atoms. The van der Waals surface area contributed by atoms with E-state index in [0.29, 0.717) is 17.9 Å². The van der Waals surface area contributed by atoms with Gasteiger partial charge in [0.05, 0.1) is 12.6 Å². The number of benzene rings is 1. The van der Waals surface area contributed by atoms with E-state index in [1.54, 1.807) is 19.9 Å². The SMILES string of the molecule is Cc1c(F)cccc1-c1ccc(CN(C)CC[C@@H](C)O)o1. The van der Waals surface area contributed by atoms with Crippen molar-refractivity contribution in [1.29, 1.82) is 0 Å². The van der Waals surface area contributed by atoms with E-state index < -0.39 is 0 Å². The van der Waals surface area contributed by atoms with Crippen molar-refractivity contribution in [3.63, 3.8) is 0 Å². The molecule has 1 heterocycles. The first-order valence-corrected chi connectivity index (χ1v) is 7.18. The number of hydrogen-bond donors (Lipinski definition) is 1. The molecule has 2 aromatic rings. The molecule has 1 atom stereocenters. The number of aliphatic hydroxyl groups excluding tert-OH is 1. The van der Waals surface area contributed by atoms with Gasteiger partial charge in [0.1, 0.15) is 17.3 Å². The Morgan fingerprint density at radius 1 is 1.29 bits per heavy atom. The second-order valence-electron chi connectivity index (χ2n) is 5.55. The lowest BCUT2D eigenvalue weighted by Crippen LogP contribution is -2.21. The largest absolute Gasteiger partial charge is 0.460 e. The summed E-state index contributed by atoms with van der Waals surface area (Å²) in [4.78, 5) is 2.09. The minimum absolute atomic E-state index is 0.223. The van der Waals surface area contributed by atoms with Crippen molar-refractivity contribution < 1.29 is 13.9 Å². The Morgan fingerprint density at radius 2 is 2.05 bits per heavy atom. The van der Waals surface area contributed by atoms with E-state index in [4.69, 9.17) is 4.42 Å². The van der Waals surface area contributed by atoms with Gasteiger partial charge in [0.25, 0.3) is 0 Å². The molecular weight excluding hydrogens is 269 g/mol. The van der Waals surface area contributed by atoms with E-state index >= 15 is 0 Å². The molecule has 1 aromatic carbocycles. The fourth-order valence-electron chi connectivity index (χ4n) is 2.23. The maximum Gasteiger partial charge on any atom is 0.134 e. The average molecular weight is 291 g/mol. The molecule has 1 aromatic heterocycles. The molecule has 4 heteroatoms. The van der Waals surface area contributed by atoms with Gasteiger partial charge in [0.2, 0.25) is 0 Å². The highest BCUT2D eigenvalue weighted by Crippen LogP contribution is 2.27. The minimum Gasteiger partial charge on any atom is -0.460 e. The van der Waals surface area contributed by atoms with Gasteiger partial charge in [0.15, 0.2) is 0 Å². The van der Waals surface area contributed by atoms with Gasteiger partial charge < -0.3 is 9.52 Å². The van der Waals surface area contributed by atoms with Crippen LogP contribution < -0.4 is 0 Å². The molecule has 0 saturated heterocycles. The summed E-state index contributed by atoms with van der Waals surface area (Å²) in [5.74, 6) is 1.30. The van der Waals surface area contributed by atoms with Crippen molar-refractivity contribution in [1.82, 2.24) is 4.90 Å². The molecule has 1 N–H and O–H groups in total. The molecular formula is C17H22FNO2. The Kier molecular flexibility index (Phi) is 5.15. The molecule has 114 valence electrons. The van der Waals surface area contributed by atoms with Gasteiger partial charge in [-0.1, -0.05) is 12.1 Å². The maximum absolute atomic E-state index is 13.6. The summed E-state index contributed by atoms with van der Waals surface area (Å²) in [6.45, 7) is 5.00. The standard InChI is InChI=1S/C17H22FNO2/c1-12(20)9-10-19(3)11-14-7-8-17(21-14)15-5-4-6-16(18)13(15)2/h4-8,12,20H,9-11H2,1-3H3/t12-/m1/s1. The quantitative estimate of drug-likeness (QED) is 0.883. The van der Waals surface area contributed by atoms with Crippen LogP contribution in [0.5, 0.6) is 0 Å². The van der Waals surface area contributed by atoms with Crippen LogP contribution in [0.4, 0.5) is 4.39 Å². The van der Waals surface area contributed by atoms with Gasteiger partial charge in [0, 0.05) is 12.1 Å². The van der Waals surface area contributed by atoms with Gasteiger partial charge in [-0.15, -0.1) is 0 Å². The molecule has 2 rings (SSSR count). The predicted molar refractivity (Wildman–Crippen MR) is 81.5 cm³/mol. The Hall–Kier alpha value is -1.65. The van der Waals surface area contributed by atoms with Gasteiger partial charge in [-0.05, 0) is 51.1 Å². The van der Waals surface area contributed by atoms with E-state index in [1.807, 2.05) is 25.2 Å². The molecule has 3 nitrogen and oxygen atoms in total. The Morgan fingerprint density at radius 3 is 2.76 bits per heavy atom. The monoisotopic (exact) mass is 291 g/mol. The third-order valence-corrected chi connectivity index (χ3v) is 3.55. The van der Waals surface area contributed by atoms with Crippen molar-refractivity contribution in [3.8, 4) is 11.3 Å². The van der Waals surface area contributed by atoms with Crippen molar-refractivity contribution in [3.05, 3.63) is 47.5 Å². The van der Waals surface area contributed by atoms with Crippen LogP contribution in [0.25, 0.3) is 11.3 Å². The van der Waals surface area contributed by atoms with Crippen LogP contribution in [0.1, 0.15) is 24.7 Å². The number of rotatable bonds is 6. The average Bonchev–Trinajstić information content (AvgIpc) is 2.88. The van der Waals surface area contributed by atoms with Gasteiger partial charge >= 0.3 is 0 Å². The second kappa shape index (κ2) is 6.87. The molecule has 0 radical (unpaired) electrons. The molecule has 0 unspecified atom stereocenters. The Balaban J connectivity index is 2.06. The van der Waals surface area contributed by atoms with E-state index in [9.17, 15) is 9.50 Å². The third-order valence-electron chi connectivity index (χ3n) is 3.55. The highest BCUT2D eigenvalue weighted by Gasteiger charge is 2.11. The normalized spacial score (nSPS) is 12.9. The van der Waals surface area contributed by atoms with E-state index in [1.165, 1.54) is 6.07 Å². The Labute approximate surface area is 125 Å². The van der Waals surface area contributed by atoms with Crippen molar-refractivity contribution in [2.75, 3.05) is 13.6 Å². The van der Waals surface area contributed by atoms with E-state index in [2.05, 4.69) is 4.90 Å². The number of hydrogen-bond acceptors (Lipinski definition) is 3. The molecule has 0 fully saturated rings. The highest BCUT2D eigenvalue weighted by atomic mass is 19.1. The molecule has 0 amide bonds. The molecule has 0 spiro atoms. The topological polar surface area (TPSA) is 36.6 Å². The van der Waals surface area contributed by atoms with E-state index in [0.717, 1.165) is 24.3 Å². The van der Waals surface area contributed by atoms with Crippen LogP contribution in [0, 0.1) is 12.7 Å². The number of aliphatic hydroxyl groups is 1. The first kappa shape index (κ1) is 15.7. The fourth-order valence-corrected chi connectivity index (χ4v) is 2.23. The van der Waals surface area contributed by atoms with Crippen LogP contribution in [0.3, 0.4) is 0 Å². The second-order valence-corrected chi connectivity index (χ2v) is 5.55. The Bertz CT molecular complexity index is 592. The van der Waals surface area contributed by atoms with Crippen molar-refractivity contribution >= 4 is 0 Å². The molecule has 0 aliphatic rings. The lowest BCUT2D eigenvalue weighted by atomic mass is 10.1. The summed E-state index contributed by atoms with van der Waals surface area (Å²) in [6.07, 6.45) is 0.433. The maximum atomic E-state index is 13.6. The third kappa shape index (κ3) is 4.16. The summed E-state index contributed by atoms with van der Waals surface area (Å²) in [7, 11) is 1.98. The molecule has 21 heavy (non-hydrogen) atoms. The summed E-state index contributed by atoms with van der Waals surface area (Å²) >= 11 is 0. The summed E-state index contributed by atoms with van der Waals surface area (Å²) in [5, 5.41) is 9.29. The highest BCUT2D eigenvalue weighted by molar-refractivity contribution is 5.62.